The number of nitro groups is 1. The Kier molecular flexibility index (Phi) is 4.82. The van der Waals surface area contributed by atoms with Crippen molar-refractivity contribution in [2.75, 3.05) is 11.9 Å². The lowest BCUT2D eigenvalue weighted by molar-refractivity contribution is -0.385. The van der Waals surface area contributed by atoms with E-state index in [4.69, 9.17) is 4.74 Å². The van der Waals surface area contributed by atoms with Gasteiger partial charge in [0.1, 0.15) is 5.69 Å². The average molecular weight is 278 g/mol. The van der Waals surface area contributed by atoms with Gasteiger partial charge in [-0.1, -0.05) is 26.3 Å². The van der Waals surface area contributed by atoms with Crippen LogP contribution in [0.4, 0.5) is 11.4 Å². The minimum absolute atomic E-state index is 0.0584. The van der Waals surface area contributed by atoms with Gasteiger partial charge in [-0.2, -0.15) is 0 Å². The van der Waals surface area contributed by atoms with Crippen molar-refractivity contribution in [1.29, 1.82) is 0 Å². The van der Waals surface area contributed by atoms with Gasteiger partial charge in [0.15, 0.2) is 5.75 Å². The third kappa shape index (κ3) is 3.40. The first-order chi connectivity index (χ1) is 9.67. The van der Waals surface area contributed by atoms with Crippen molar-refractivity contribution in [1.82, 2.24) is 0 Å². The molecule has 1 saturated carbocycles. The fourth-order valence-corrected chi connectivity index (χ4v) is 2.47. The minimum Gasteiger partial charge on any atom is -0.487 e. The van der Waals surface area contributed by atoms with Crippen molar-refractivity contribution < 1.29 is 9.66 Å². The molecule has 1 aromatic carbocycles. The molecular weight excluding hydrogens is 256 g/mol. The van der Waals surface area contributed by atoms with Gasteiger partial charge in [0.25, 0.3) is 0 Å². The maximum Gasteiger partial charge on any atom is 0.333 e. The summed E-state index contributed by atoms with van der Waals surface area (Å²) in [6, 6.07) is 5.60. The smallest absolute Gasteiger partial charge is 0.333 e. The summed E-state index contributed by atoms with van der Waals surface area (Å²) in [7, 11) is 0. The Hall–Kier alpha value is -1.78. The molecule has 2 atom stereocenters. The molecule has 5 nitrogen and oxygen atoms in total. The Labute approximate surface area is 119 Å². The van der Waals surface area contributed by atoms with E-state index >= 15 is 0 Å². The highest BCUT2D eigenvalue weighted by atomic mass is 16.6. The van der Waals surface area contributed by atoms with Crippen LogP contribution in [0.1, 0.15) is 39.5 Å². The van der Waals surface area contributed by atoms with Gasteiger partial charge in [0.2, 0.25) is 0 Å². The van der Waals surface area contributed by atoms with Crippen LogP contribution in [0.2, 0.25) is 0 Å². The summed E-state index contributed by atoms with van der Waals surface area (Å²) >= 11 is 0. The Morgan fingerprint density at radius 1 is 1.40 bits per heavy atom. The number of rotatable bonds is 8. The number of hydrogen-bond donors (Lipinski definition) is 1. The largest absolute Gasteiger partial charge is 0.487 e. The van der Waals surface area contributed by atoms with Gasteiger partial charge >= 0.3 is 5.69 Å². The number of hydrogen-bond acceptors (Lipinski definition) is 4. The lowest BCUT2D eigenvalue weighted by Gasteiger charge is -2.10. The number of nitro benzene ring substituents is 1. The monoisotopic (exact) mass is 278 g/mol. The second-order valence-electron chi connectivity index (χ2n) is 5.29. The summed E-state index contributed by atoms with van der Waals surface area (Å²) in [5, 5.41) is 14.6. The lowest BCUT2D eigenvalue weighted by atomic mass is 10.2. The van der Waals surface area contributed by atoms with E-state index in [1.54, 1.807) is 18.2 Å². The van der Waals surface area contributed by atoms with E-state index in [1.165, 1.54) is 6.42 Å². The summed E-state index contributed by atoms with van der Waals surface area (Å²) < 4.78 is 5.48. The molecule has 0 spiro atoms. The Morgan fingerprint density at radius 3 is 2.85 bits per heavy atom. The van der Waals surface area contributed by atoms with E-state index in [1.807, 2.05) is 6.92 Å². The summed E-state index contributed by atoms with van der Waals surface area (Å²) in [5.74, 6) is 1.01. The van der Waals surface area contributed by atoms with Gasteiger partial charge in [-0.05, 0) is 37.3 Å². The minimum atomic E-state index is -0.357. The molecule has 0 amide bonds. The number of nitrogens with one attached hydrogen (secondary N) is 1. The first kappa shape index (κ1) is 14.6. The van der Waals surface area contributed by atoms with Crippen LogP contribution >= 0.6 is 0 Å². The second-order valence-corrected chi connectivity index (χ2v) is 5.29. The molecule has 0 aromatic heterocycles. The molecule has 1 aliphatic rings. The first-order valence-electron chi connectivity index (χ1n) is 7.34. The van der Waals surface area contributed by atoms with Gasteiger partial charge in [-0.25, -0.2) is 0 Å². The van der Waals surface area contributed by atoms with Crippen LogP contribution in [-0.4, -0.2) is 17.6 Å². The van der Waals surface area contributed by atoms with E-state index in [2.05, 4.69) is 12.2 Å². The SMILES string of the molecule is CCCOc1cccc(NC2CC2CCC)c1[N+](=O)[O-]. The van der Waals surface area contributed by atoms with Crippen LogP contribution in [0.5, 0.6) is 5.75 Å². The molecular formula is C15H22N2O3. The molecule has 2 rings (SSSR count). The van der Waals surface area contributed by atoms with E-state index in [-0.39, 0.29) is 10.6 Å². The highest BCUT2D eigenvalue weighted by molar-refractivity contribution is 5.69. The maximum absolute atomic E-state index is 11.3. The molecule has 0 aliphatic heterocycles. The third-order valence-corrected chi connectivity index (χ3v) is 3.57. The molecule has 0 heterocycles. The number of ether oxygens (including phenoxy) is 1. The third-order valence-electron chi connectivity index (χ3n) is 3.57. The molecule has 1 aliphatic carbocycles. The fourth-order valence-electron chi connectivity index (χ4n) is 2.47. The number of nitrogens with zero attached hydrogens (tertiary/aromatic N) is 1. The van der Waals surface area contributed by atoms with Crippen LogP contribution < -0.4 is 10.1 Å². The number of benzene rings is 1. The zero-order valence-corrected chi connectivity index (χ0v) is 12.1. The van der Waals surface area contributed by atoms with E-state index in [0.29, 0.717) is 30.0 Å². The molecule has 1 aromatic rings. The van der Waals surface area contributed by atoms with Crippen molar-refractivity contribution in [3.8, 4) is 5.75 Å². The fraction of sp³-hybridized carbons (Fsp3) is 0.600. The molecule has 0 saturated heterocycles. The highest BCUT2D eigenvalue weighted by Crippen LogP contribution is 2.41. The van der Waals surface area contributed by atoms with Gasteiger partial charge in [0, 0.05) is 6.04 Å². The van der Waals surface area contributed by atoms with Crippen LogP contribution in [0.15, 0.2) is 18.2 Å². The molecule has 110 valence electrons. The normalized spacial score (nSPS) is 20.5. The van der Waals surface area contributed by atoms with Crippen molar-refractivity contribution >= 4 is 11.4 Å². The van der Waals surface area contributed by atoms with Crippen molar-refractivity contribution in [3.05, 3.63) is 28.3 Å². The first-order valence-corrected chi connectivity index (χ1v) is 7.34. The quantitative estimate of drug-likeness (QED) is 0.577. The van der Waals surface area contributed by atoms with Gasteiger partial charge < -0.3 is 10.1 Å². The zero-order valence-electron chi connectivity index (χ0n) is 12.1. The van der Waals surface area contributed by atoms with E-state index in [0.717, 1.165) is 19.3 Å². The van der Waals surface area contributed by atoms with Crippen LogP contribution in [-0.2, 0) is 0 Å². The topological polar surface area (TPSA) is 64.4 Å². The molecule has 0 radical (unpaired) electrons. The summed E-state index contributed by atoms with van der Waals surface area (Å²) in [4.78, 5) is 10.9. The zero-order chi connectivity index (χ0) is 14.5. The molecule has 20 heavy (non-hydrogen) atoms. The number of para-hydroxylation sites is 1. The van der Waals surface area contributed by atoms with Crippen molar-refractivity contribution in [2.45, 2.75) is 45.6 Å². The summed E-state index contributed by atoms with van der Waals surface area (Å²) in [5.41, 5.74) is 0.635. The standard InChI is InChI=1S/C15H22N2O3/c1-3-6-11-10-13(11)16-12-7-5-8-14(20-9-4-2)15(12)17(18)19/h5,7-8,11,13,16H,3-4,6,9-10H2,1-2H3. The van der Waals surface area contributed by atoms with Gasteiger partial charge in [-0.15, -0.1) is 0 Å². The van der Waals surface area contributed by atoms with Crippen molar-refractivity contribution in [2.24, 2.45) is 5.92 Å². The molecule has 1 N–H and O–H groups in total. The predicted molar refractivity (Wildman–Crippen MR) is 79.3 cm³/mol. The lowest BCUT2D eigenvalue weighted by Crippen LogP contribution is -2.08. The summed E-state index contributed by atoms with van der Waals surface area (Å²) in [6.07, 6.45) is 4.27. The molecule has 5 heteroatoms. The summed E-state index contributed by atoms with van der Waals surface area (Å²) in [6.45, 7) is 4.64. The number of anilines is 1. The van der Waals surface area contributed by atoms with E-state index < -0.39 is 0 Å². The van der Waals surface area contributed by atoms with Crippen LogP contribution in [0.3, 0.4) is 0 Å². The highest BCUT2D eigenvalue weighted by Gasteiger charge is 2.37. The Bertz CT molecular complexity index is 476. The molecule has 1 fully saturated rings. The molecule has 2 unspecified atom stereocenters. The van der Waals surface area contributed by atoms with Crippen molar-refractivity contribution in [3.63, 3.8) is 0 Å². The van der Waals surface area contributed by atoms with Crippen LogP contribution in [0, 0.1) is 16.0 Å². The Balaban J connectivity index is 2.13. The average Bonchev–Trinajstić information content (AvgIpc) is 3.14. The van der Waals surface area contributed by atoms with Gasteiger partial charge in [0.05, 0.1) is 11.5 Å². The van der Waals surface area contributed by atoms with Crippen LogP contribution in [0.25, 0.3) is 0 Å². The molecule has 0 bridgehead atoms. The second kappa shape index (κ2) is 6.59. The Morgan fingerprint density at radius 2 is 2.20 bits per heavy atom. The maximum atomic E-state index is 11.3. The van der Waals surface area contributed by atoms with Gasteiger partial charge in [-0.3, -0.25) is 10.1 Å². The van der Waals surface area contributed by atoms with E-state index in [9.17, 15) is 10.1 Å². The predicted octanol–water partition coefficient (Wildman–Crippen LogP) is 3.98.